The maximum atomic E-state index is 12.4. The van der Waals surface area contributed by atoms with Gasteiger partial charge in [0.2, 0.25) is 5.91 Å². The third-order valence-corrected chi connectivity index (χ3v) is 5.66. The lowest BCUT2D eigenvalue weighted by Crippen LogP contribution is -2.38. The van der Waals surface area contributed by atoms with Gasteiger partial charge in [-0.15, -0.1) is 0 Å². The van der Waals surface area contributed by atoms with Gasteiger partial charge in [0.05, 0.1) is 0 Å². The molecule has 28 heavy (non-hydrogen) atoms. The van der Waals surface area contributed by atoms with Crippen molar-refractivity contribution in [3.63, 3.8) is 0 Å². The molecule has 2 N–H and O–H groups in total. The van der Waals surface area contributed by atoms with Gasteiger partial charge in [-0.05, 0) is 44.4 Å². The molecule has 1 heterocycles. The quantitative estimate of drug-likeness (QED) is 0.649. The van der Waals surface area contributed by atoms with E-state index in [0.717, 1.165) is 24.8 Å². The topological polar surface area (TPSA) is 62.0 Å². The largest absolute Gasteiger partial charge is 0.358 e. The number of hydrogen-bond acceptors (Lipinski definition) is 2. The van der Waals surface area contributed by atoms with E-state index in [2.05, 4.69) is 35.4 Å². The fraction of sp³-hybridized carbons (Fsp3) is 0.333. The van der Waals surface area contributed by atoms with Gasteiger partial charge in [-0.2, -0.15) is 0 Å². The van der Waals surface area contributed by atoms with Crippen molar-refractivity contribution in [3.05, 3.63) is 70.4 Å². The molecule has 4 heteroatoms. The van der Waals surface area contributed by atoms with Crippen molar-refractivity contribution < 1.29 is 9.59 Å². The van der Waals surface area contributed by atoms with E-state index in [1.807, 2.05) is 31.2 Å². The maximum Gasteiger partial charge on any atom is 0.220 e. The van der Waals surface area contributed by atoms with E-state index < -0.39 is 0 Å². The number of ketones is 1. The van der Waals surface area contributed by atoms with Crippen LogP contribution in [0.3, 0.4) is 0 Å². The number of aromatic amines is 1. The second kappa shape index (κ2) is 7.63. The van der Waals surface area contributed by atoms with Crippen LogP contribution in [0.25, 0.3) is 10.9 Å². The van der Waals surface area contributed by atoms with Crippen molar-refractivity contribution in [2.75, 3.05) is 0 Å². The summed E-state index contributed by atoms with van der Waals surface area (Å²) in [5.74, 6) is -0.0204. The van der Waals surface area contributed by atoms with E-state index >= 15 is 0 Å². The molecule has 4 rings (SSSR count). The first kappa shape index (κ1) is 18.5. The molecule has 1 unspecified atom stereocenters. The molecule has 0 bridgehead atoms. The summed E-state index contributed by atoms with van der Waals surface area (Å²) in [5, 5.41) is 4.43. The Balaban J connectivity index is 1.34. The Bertz CT molecular complexity index is 1030. The summed E-state index contributed by atoms with van der Waals surface area (Å²) in [7, 11) is 0. The van der Waals surface area contributed by atoms with Crippen LogP contribution in [-0.2, 0) is 17.6 Å². The molecule has 3 aromatic rings. The molecule has 144 valence electrons. The average molecular weight is 374 g/mol. The number of hydrogen-bond donors (Lipinski definition) is 2. The molecule has 2 aromatic carbocycles. The van der Waals surface area contributed by atoms with Crippen molar-refractivity contribution in [3.8, 4) is 0 Å². The Morgan fingerprint density at radius 2 is 1.79 bits per heavy atom. The van der Waals surface area contributed by atoms with E-state index in [1.165, 1.54) is 27.7 Å². The molecule has 4 nitrogen and oxygen atoms in total. The molecule has 0 spiro atoms. The molecular formula is C24H26N2O2. The van der Waals surface area contributed by atoms with Crippen LogP contribution in [0, 0.1) is 13.8 Å². The van der Waals surface area contributed by atoms with Crippen LogP contribution in [0.5, 0.6) is 0 Å². The number of H-pyrrole nitrogens is 1. The minimum absolute atomic E-state index is 0.0204. The average Bonchev–Trinajstić information content (AvgIpc) is 3.03. The van der Waals surface area contributed by atoms with E-state index in [1.54, 1.807) is 0 Å². The van der Waals surface area contributed by atoms with Crippen LogP contribution >= 0.6 is 0 Å². The number of carbonyl (C=O) groups excluding carboxylic acids is 2. The van der Waals surface area contributed by atoms with Gasteiger partial charge < -0.3 is 10.3 Å². The third kappa shape index (κ3) is 3.86. The summed E-state index contributed by atoms with van der Waals surface area (Å²) in [6.07, 6.45) is 3.21. The van der Waals surface area contributed by atoms with Crippen LogP contribution in [0.4, 0.5) is 0 Å². The predicted molar refractivity (Wildman–Crippen MR) is 112 cm³/mol. The molecule has 1 atom stereocenters. The second-order valence-electron chi connectivity index (χ2n) is 7.93. The Morgan fingerprint density at radius 3 is 2.57 bits per heavy atom. The number of aryl methyl sites for hydroxylation is 3. The number of nitrogens with one attached hydrogen (secondary N) is 2. The second-order valence-corrected chi connectivity index (χ2v) is 7.93. The first-order valence-corrected chi connectivity index (χ1v) is 9.99. The SMILES string of the molecule is Cc1ccc(C(=O)CCC(=O)NC2CCc3c([nH]c4ccc(C)cc34)C2)cc1. The van der Waals surface area contributed by atoms with Crippen LogP contribution in [0.1, 0.15) is 52.0 Å². The van der Waals surface area contributed by atoms with Gasteiger partial charge in [-0.1, -0.05) is 41.5 Å². The lowest BCUT2D eigenvalue weighted by Gasteiger charge is -2.23. The summed E-state index contributed by atoms with van der Waals surface area (Å²) in [5.41, 5.74) is 6.85. The zero-order valence-electron chi connectivity index (χ0n) is 16.5. The third-order valence-electron chi connectivity index (χ3n) is 5.66. The van der Waals surface area contributed by atoms with Gasteiger partial charge in [0.25, 0.3) is 0 Å². The summed E-state index contributed by atoms with van der Waals surface area (Å²) in [6.45, 7) is 4.11. The van der Waals surface area contributed by atoms with Gasteiger partial charge in [0.1, 0.15) is 0 Å². The van der Waals surface area contributed by atoms with E-state index in [4.69, 9.17) is 0 Å². The van der Waals surface area contributed by atoms with Crippen molar-refractivity contribution in [2.24, 2.45) is 0 Å². The van der Waals surface area contributed by atoms with Crippen LogP contribution in [-0.4, -0.2) is 22.7 Å². The van der Waals surface area contributed by atoms with Crippen molar-refractivity contribution in [1.82, 2.24) is 10.3 Å². The first-order chi connectivity index (χ1) is 13.5. The molecule has 0 fully saturated rings. The minimum atomic E-state index is -0.0409. The number of carbonyl (C=O) groups is 2. The van der Waals surface area contributed by atoms with Gasteiger partial charge in [-0.3, -0.25) is 9.59 Å². The Kier molecular flexibility index (Phi) is 5.03. The van der Waals surface area contributed by atoms with E-state index in [9.17, 15) is 9.59 Å². The monoisotopic (exact) mass is 374 g/mol. The van der Waals surface area contributed by atoms with Gasteiger partial charge in [0, 0.05) is 47.5 Å². The Labute approximate surface area is 165 Å². The van der Waals surface area contributed by atoms with E-state index in [-0.39, 0.29) is 30.6 Å². The van der Waals surface area contributed by atoms with Gasteiger partial charge in [-0.25, -0.2) is 0 Å². The molecule has 1 aliphatic rings. The van der Waals surface area contributed by atoms with Crippen LogP contribution < -0.4 is 5.32 Å². The Morgan fingerprint density at radius 1 is 1.04 bits per heavy atom. The number of aromatic nitrogens is 1. The summed E-state index contributed by atoms with van der Waals surface area (Å²) in [6, 6.07) is 14.1. The number of fused-ring (bicyclic) bond motifs is 3. The highest BCUT2D eigenvalue weighted by Crippen LogP contribution is 2.29. The molecule has 1 amide bonds. The molecule has 0 saturated carbocycles. The van der Waals surface area contributed by atoms with Crippen molar-refractivity contribution in [1.29, 1.82) is 0 Å². The first-order valence-electron chi connectivity index (χ1n) is 9.99. The summed E-state index contributed by atoms with van der Waals surface area (Å²) < 4.78 is 0. The number of Topliss-reactive ketones (excluding diaryl/α,β-unsaturated/α-hetero) is 1. The van der Waals surface area contributed by atoms with Crippen molar-refractivity contribution >= 4 is 22.6 Å². The maximum absolute atomic E-state index is 12.4. The number of rotatable bonds is 5. The normalized spacial score (nSPS) is 16.0. The minimum Gasteiger partial charge on any atom is -0.358 e. The van der Waals surface area contributed by atoms with Gasteiger partial charge >= 0.3 is 0 Å². The highest BCUT2D eigenvalue weighted by Gasteiger charge is 2.23. The Hall–Kier alpha value is -2.88. The summed E-state index contributed by atoms with van der Waals surface area (Å²) >= 11 is 0. The zero-order valence-corrected chi connectivity index (χ0v) is 16.5. The van der Waals surface area contributed by atoms with Crippen LogP contribution in [0.2, 0.25) is 0 Å². The predicted octanol–water partition coefficient (Wildman–Crippen LogP) is 4.42. The fourth-order valence-electron chi connectivity index (χ4n) is 4.08. The van der Waals surface area contributed by atoms with Gasteiger partial charge in [0.15, 0.2) is 5.78 Å². The molecular weight excluding hydrogens is 348 g/mol. The smallest absolute Gasteiger partial charge is 0.220 e. The molecule has 0 radical (unpaired) electrons. The molecule has 0 aliphatic heterocycles. The highest BCUT2D eigenvalue weighted by atomic mass is 16.2. The fourth-order valence-corrected chi connectivity index (χ4v) is 4.08. The molecule has 0 saturated heterocycles. The zero-order chi connectivity index (χ0) is 19.7. The molecule has 1 aliphatic carbocycles. The molecule has 1 aromatic heterocycles. The highest BCUT2D eigenvalue weighted by molar-refractivity contribution is 5.98. The van der Waals surface area contributed by atoms with Crippen LogP contribution in [0.15, 0.2) is 42.5 Å². The standard InChI is InChI=1S/C24H26N2O2/c1-15-3-6-17(7-4-15)23(27)11-12-24(28)25-18-8-9-19-20-13-16(2)5-10-21(20)26-22(19)14-18/h3-7,10,13,18,26H,8-9,11-12,14H2,1-2H3,(H,25,28). The number of amides is 1. The lowest BCUT2D eigenvalue weighted by molar-refractivity contribution is -0.121. The number of benzene rings is 2. The van der Waals surface area contributed by atoms with Crippen molar-refractivity contribution in [2.45, 2.75) is 52.0 Å². The summed E-state index contributed by atoms with van der Waals surface area (Å²) in [4.78, 5) is 28.1. The lowest BCUT2D eigenvalue weighted by atomic mass is 9.91. The van der Waals surface area contributed by atoms with E-state index in [0.29, 0.717) is 5.56 Å².